The average molecular weight is 455 g/mol. The Labute approximate surface area is 190 Å². The van der Waals surface area contributed by atoms with Crippen molar-refractivity contribution >= 4 is 25.2 Å². The monoisotopic (exact) mass is 454 g/mol. The number of fused-ring (bicyclic) bond motifs is 1. The van der Waals surface area contributed by atoms with Gasteiger partial charge in [0.1, 0.15) is 5.56 Å². The van der Waals surface area contributed by atoms with Crippen LogP contribution < -0.4 is 5.56 Å². The Kier molecular flexibility index (Phi) is 6.54. The van der Waals surface area contributed by atoms with Gasteiger partial charge in [-0.3, -0.25) is 4.79 Å². The standard InChI is InChI=1S/C25H34N2O4Si/c1-9-16-14-20(24(29)30-6)23(28)26-22(16)17-10-11-21-18(12-17)13-19(27(21)5)15-31-32(7,8)25(2,3)4/h10-14H,9,15H2,1-8H3,(H,26,28). The minimum atomic E-state index is -1.85. The topological polar surface area (TPSA) is 73.3 Å². The SMILES string of the molecule is CCc1cc(C(=O)OC)c(=O)[nH]c1-c1ccc2c(c1)cc(CO[Si](C)(C)C(C)(C)C)n2C. The molecule has 0 fully saturated rings. The van der Waals surface area contributed by atoms with Gasteiger partial charge in [-0.1, -0.05) is 33.8 Å². The Bertz CT molecular complexity index is 1220. The Morgan fingerprint density at radius 3 is 2.44 bits per heavy atom. The van der Waals surface area contributed by atoms with Gasteiger partial charge in [0.15, 0.2) is 8.32 Å². The van der Waals surface area contributed by atoms with E-state index >= 15 is 0 Å². The van der Waals surface area contributed by atoms with E-state index in [0.717, 1.165) is 33.4 Å². The van der Waals surface area contributed by atoms with Crippen molar-refractivity contribution in [2.45, 2.75) is 58.9 Å². The summed E-state index contributed by atoms with van der Waals surface area (Å²) in [6.45, 7) is 13.8. The lowest BCUT2D eigenvalue weighted by molar-refractivity contribution is 0.0598. The van der Waals surface area contributed by atoms with Gasteiger partial charge < -0.3 is 18.7 Å². The number of carbonyl (C=O) groups excluding carboxylic acids is 1. The van der Waals surface area contributed by atoms with E-state index in [1.165, 1.54) is 7.11 Å². The van der Waals surface area contributed by atoms with Crippen molar-refractivity contribution in [2.24, 2.45) is 7.05 Å². The highest BCUT2D eigenvalue weighted by atomic mass is 28.4. The van der Waals surface area contributed by atoms with Crippen molar-refractivity contribution in [2.75, 3.05) is 7.11 Å². The summed E-state index contributed by atoms with van der Waals surface area (Å²) in [5.74, 6) is -0.627. The first-order valence-electron chi connectivity index (χ1n) is 11.0. The number of carbonyl (C=O) groups is 1. The molecule has 3 aromatic rings. The molecule has 0 aliphatic carbocycles. The van der Waals surface area contributed by atoms with Crippen LogP contribution in [0.4, 0.5) is 0 Å². The van der Waals surface area contributed by atoms with Gasteiger partial charge in [-0.25, -0.2) is 4.79 Å². The molecular formula is C25H34N2O4Si. The van der Waals surface area contributed by atoms with E-state index in [2.05, 4.69) is 68.7 Å². The Morgan fingerprint density at radius 2 is 1.84 bits per heavy atom. The molecule has 2 heterocycles. The van der Waals surface area contributed by atoms with E-state index in [1.807, 2.05) is 13.0 Å². The molecule has 0 radical (unpaired) electrons. The van der Waals surface area contributed by atoms with Crippen molar-refractivity contribution < 1.29 is 14.0 Å². The number of H-pyrrole nitrogens is 1. The average Bonchev–Trinajstić information content (AvgIpc) is 3.05. The molecule has 0 amide bonds. The summed E-state index contributed by atoms with van der Waals surface area (Å²) in [4.78, 5) is 27.3. The second-order valence-corrected chi connectivity index (χ2v) is 14.6. The van der Waals surface area contributed by atoms with Gasteiger partial charge in [0, 0.05) is 23.6 Å². The highest BCUT2D eigenvalue weighted by molar-refractivity contribution is 6.74. The second kappa shape index (κ2) is 8.71. The van der Waals surface area contributed by atoms with Gasteiger partial charge in [-0.2, -0.15) is 0 Å². The lowest BCUT2D eigenvalue weighted by Crippen LogP contribution is -2.40. The molecule has 0 spiro atoms. The first-order valence-corrected chi connectivity index (χ1v) is 13.9. The maximum absolute atomic E-state index is 12.5. The summed E-state index contributed by atoms with van der Waals surface area (Å²) >= 11 is 0. The Hall–Kier alpha value is -2.64. The summed E-state index contributed by atoms with van der Waals surface area (Å²) in [6, 6.07) is 9.93. The summed E-state index contributed by atoms with van der Waals surface area (Å²) in [7, 11) is 1.48. The molecule has 2 aromatic heterocycles. The molecule has 0 atom stereocenters. The maximum atomic E-state index is 12.5. The van der Waals surface area contributed by atoms with Crippen molar-refractivity contribution in [3.63, 3.8) is 0 Å². The van der Waals surface area contributed by atoms with Crippen LogP contribution in [0.5, 0.6) is 0 Å². The third-order valence-electron chi connectivity index (χ3n) is 6.73. The number of aromatic nitrogens is 2. The van der Waals surface area contributed by atoms with Crippen LogP contribution in [0, 0.1) is 0 Å². The predicted molar refractivity (Wildman–Crippen MR) is 132 cm³/mol. The molecule has 1 aromatic carbocycles. The number of aryl methyl sites for hydroxylation is 2. The minimum absolute atomic E-state index is 0.0268. The van der Waals surface area contributed by atoms with Crippen molar-refractivity contribution in [1.82, 2.24) is 9.55 Å². The van der Waals surface area contributed by atoms with Crippen LogP contribution in [0.2, 0.25) is 18.1 Å². The lowest BCUT2D eigenvalue weighted by atomic mass is 10.0. The summed E-state index contributed by atoms with van der Waals surface area (Å²) < 4.78 is 13.3. The number of nitrogens with one attached hydrogen (secondary N) is 1. The van der Waals surface area contributed by atoms with Crippen molar-refractivity contribution in [3.05, 3.63) is 57.5 Å². The van der Waals surface area contributed by atoms with Crippen LogP contribution >= 0.6 is 0 Å². The number of rotatable bonds is 6. The first-order chi connectivity index (χ1) is 14.9. The van der Waals surface area contributed by atoms with Crippen molar-refractivity contribution in [3.8, 4) is 11.3 Å². The van der Waals surface area contributed by atoms with Crippen LogP contribution in [-0.4, -0.2) is 30.9 Å². The second-order valence-electron chi connectivity index (χ2n) is 9.77. The number of aromatic amines is 1. The largest absolute Gasteiger partial charge is 0.465 e. The summed E-state index contributed by atoms with van der Waals surface area (Å²) in [5, 5.41) is 1.24. The van der Waals surface area contributed by atoms with E-state index in [1.54, 1.807) is 6.07 Å². The van der Waals surface area contributed by atoms with E-state index in [0.29, 0.717) is 13.0 Å². The van der Waals surface area contributed by atoms with E-state index in [4.69, 9.17) is 9.16 Å². The van der Waals surface area contributed by atoms with Gasteiger partial charge in [0.25, 0.3) is 5.56 Å². The van der Waals surface area contributed by atoms with Crippen LogP contribution in [0.1, 0.15) is 49.3 Å². The van der Waals surface area contributed by atoms with E-state index in [-0.39, 0.29) is 10.6 Å². The van der Waals surface area contributed by atoms with Gasteiger partial charge in [0.05, 0.1) is 19.4 Å². The Balaban J connectivity index is 2.00. The van der Waals surface area contributed by atoms with Crippen LogP contribution in [-0.2, 0) is 29.2 Å². The number of benzene rings is 1. The number of esters is 1. The number of ether oxygens (including phenoxy) is 1. The molecular weight excluding hydrogens is 420 g/mol. The zero-order chi connectivity index (χ0) is 23.8. The van der Waals surface area contributed by atoms with Crippen LogP contribution in [0.3, 0.4) is 0 Å². The summed E-state index contributed by atoms with van der Waals surface area (Å²) in [5.41, 5.74) is 4.34. The van der Waals surface area contributed by atoms with E-state index in [9.17, 15) is 9.59 Å². The maximum Gasteiger partial charge on any atom is 0.343 e. The smallest absolute Gasteiger partial charge is 0.343 e. The van der Waals surface area contributed by atoms with Gasteiger partial charge >= 0.3 is 5.97 Å². The Morgan fingerprint density at radius 1 is 1.16 bits per heavy atom. The predicted octanol–water partition coefficient (Wildman–Crippen LogP) is 5.40. The molecule has 0 saturated heterocycles. The van der Waals surface area contributed by atoms with Crippen molar-refractivity contribution in [1.29, 1.82) is 0 Å². The highest BCUT2D eigenvalue weighted by Gasteiger charge is 2.37. The third kappa shape index (κ3) is 4.45. The quantitative estimate of drug-likeness (QED) is 0.399. The molecule has 172 valence electrons. The number of hydrogen-bond donors (Lipinski definition) is 1. The third-order valence-corrected chi connectivity index (χ3v) is 11.2. The number of nitrogens with zero attached hydrogens (tertiary/aromatic N) is 1. The van der Waals surface area contributed by atoms with Crippen LogP contribution in [0.15, 0.2) is 35.1 Å². The molecule has 0 unspecified atom stereocenters. The summed E-state index contributed by atoms with van der Waals surface area (Å²) in [6.07, 6.45) is 0.675. The normalized spacial score (nSPS) is 12.4. The van der Waals surface area contributed by atoms with Gasteiger partial charge in [0.2, 0.25) is 0 Å². The molecule has 0 aliphatic heterocycles. The highest BCUT2D eigenvalue weighted by Crippen LogP contribution is 2.37. The number of hydrogen-bond acceptors (Lipinski definition) is 4. The minimum Gasteiger partial charge on any atom is -0.465 e. The molecule has 3 rings (SSSR count). The van der Waals surface area contributed by atoms with Crippen LogP contribution in [0.25, 0.3) is 22.2 Å². The molecule has 0 aliphatic rings. The van der Waals surface area contributed by atoms with Gasteiger partial charge in [-0.15, -0.1) is 0 Å². The molecule has 7 heteroatoms. The molecule has 6 nitrogen and oxygen atoms in total. The number of pyridine rings is 1. The fraction of sp³-hybridized carbons (Fsp3) is 0.440. The molecule has 0 bridgehead atoms. The number of methoxy groups -OCH3 is 1. The first kappa shape index (κ1) is 24.0. The van der Waals surface area contributed by atoms with E-state index < -0.39 is 19.8 Å². The molecule has 1 N–H and O–H groups in total. The lowest BCUT2D eigenvalue weighted by Gasteiger charge is -2.36. The molecule has 0 saturated carbocycles. The fourth-order valence-electron chi connectivity index (χ4n) is 3.54. The zero-order valence-electron chi connectivity index (χ0n) is 20.4. The fourth-order valence-corrected chi connectivity index (χ4v) is 4.48. The van der Waals surface area contributed by atoms with Gasteiger partial charge in [-0.05, 0) is 59.9 Å². The molecule has 32 heavy (non-hydrogen) atoms. The zero-order valence-corrected chi connectivity index (χ0v) is 21.4.